The van der Waals surface area contributed by atoms with Crippen molar-refractivity contribution in [3.63, 3.8) is 0 Å². The second-order valence-electron chi connectivity index (χ2n) is 4.70. The van der Waals surface area contributed by atoms with E-state index in [0.29, 0.717) is 23.8 Å². The molecule has 2 aromatic heterocycles. The molecular weight excluding hydrogens is 290 g/mol. The van der Waals surface area contributed by atoms with E-state index in [1.165, 1.54) is 0 Å². The first-order chi connectivity index (χ1) is 10.2. The molecule has 1 aliphatic heterocycles. The smallest absolute Gasteiger partial charge is 0.272 e. The van der Waals surface area contributed by atoms with Crippen molar-refractivity contribution in [1.29, 1.82) is 0 Å². The van der Waals surface area contributed by atoms with Crippen LogP contribution in [0, 0.1) is 0 Å². The van der Waals surface area contributed by atoms with Gasteiger partial charge in [-0.15, -0.1) is 0 Å². The zero-order chi connectivity index (χ0) is 14.7. The molecule has 0 unspecified atom stereocenters. The Morgan fingerprint density at radius 1 is 1.10 bits per heavy atom. The molecule has 0 aliphatic carbocycles. The van der Waals surface area contributed by atoms with Gasteiger partial charge in [0.25, 0.3) is 5.91 Å². The third-order valence-corrected chi connectivity index (χ3v) is 3.62. The highest BCUT2D eigenvalue weighted by Crippen LogP contribution is 2.14. The molecule has 0 saturated carbocycles. The highest BCUT2D eigenvalue weighted by molar-refractivity contribution is 6.30. The van der Waals surface area contributed by atoms with Crippen molar-refractivity contribution in [2.45, 2.75) is 0 Å². The van der Waals surface area contributed by atoms with Gasteiger partial charge < -0.3 is 9.80 Å². The number of carbonyl (C=O) groups excluding carboxylic acids is 1. The van der Waals surface area contributed by atoms with Crippen molar-refractivity contribution in [2.24, 2.45) is 0 Å². The van der Waals surface area contributed by atoms with Crippen LogP contribution in [-0.2, 0) is 0 Å². The maximum Gasteiger partial charge on any atom is 0.272 e. The quantitative estimate of drug-likeness (QED) is 0.841. The molecule has 1 aliphatic rings. The maximum absolute atomic E-state index is 12.4. The lowest BCUT2D eigenvalue weighted by atomic mass is 10.2. The van der Waals surface area contributed by atoms with Crippen LogP contribution in [-0.4, -0.2) is 51.9 Å². The second-order valence-corrected chi connectivity index (χ2v) is 5.14. The van der Waals surface area contributed by atoms with Crippen LogP contribution in [0.25, 0.3) is 0 Å². The second kappa shape index (κ2) is 6.05. The van der Waals surface area contributed by atoms with E-state index < -0.39 is 0 Å². The van der Waals surface area contributed by atoms with Crippen molar-refractivity contribution in [2.75, 3.05) is 31.1 Å². The first-order valence-corrected chi connectivity index (χ1v) is 7.03. The van der Waals surface area contributed by atoms with Crippen molar-refractivity contribution < 1.29 is 4.79 Å². The monoisotopic (exact) mass is 303 g/mol. The molecule has 2 aromatic rings. The molecule has 0 spiro atoms. The number of nitrogens with zero attached hydrogens (tertiary/aromatic N) is 5. The summed E-state index contributed by atoms with van der Waals surface area (Å²) in [6.45, 7) is 2.71. The van der Waals surface area contributed by atoms with E-state index in [4.69, 9.17) is 11.6 Å². The number of rotatable bonds is 2. The molecule has 1 amide bonds. The minimum Gasteiger partial charge on any atom is -0.352 e. The van der Waals surface area contributed by atoms with Crippen molar-refractivity contribution in [1.82, 2.24) is 19.9 Å². The molecule has 0 aromatic carbocycles. The molecular formula is C14H14ClN5O. The molecule has 6 nitrogen and oxygen atoms in total. The first-order valence-electron chi connectivity index (χ1n) is 6.66. The zero-order valence-corrected chi connectivity index (χ0v) is 12.1. The number of aromatic nitrogens is 3. The molecule has 21 heavy (non-hydrogen) atoms. The van der Waals surface area contributed by atoms with Gasteiger partial charge in [-0.25, -0.2) is 4.98 Å². The van der Waals surface area contributed by atoms with Crippen LogP contribution in [0.3, 0.4) is 0 Å². The van der Waals surface area contributed by atoms with Crippen molar-refractivity contribution in [3.05, 3.63) is 47.6 Å². The van der Waals surface area contributed by atoms with Gasteiger partial charge in [-0.3, -0.25) is 14.8 Å². The van der Waals surface area contributed by atoms with E-state index >= 15 is 0 Å². The van der Waals surface area contributed by atoms with Gasteiger partial charge in [0.2, 0.25) is 0 Å². The fraction of sp³-hybridized carbons (Fsp3) is 0.286. The van der Waals surface area contributed by atoms with Gasteiger partial charge in [-0.2, -0.15) is 0 Å². The highest BCUT2D eigenvalue weighted by atomic mass is 35.5. The summed E-state index contributed by atoms with van der Waals surface area (Å²) in [5, 5.41) is 0.520. The third kappa shape index (κ3) is 3.11. The number of carbonyl (C=O) groups is 1. The Labute approximate surface area is 127 Å². The van der Waals surface area contributed by atoms with E-state index in [-0.39, 0.29) is 5.91 Å². The van der Waals surface area contributed by atoms with Gasteiger partial charge in [-0.1, -0.05) is 11.6 Å². The molecule has 3 heterocycles. The molecule has 0 atom stereocenters. The Bertz CT molecular complexity index is 628. The minimum absolute atomic E-state index is 0.0868. The van der Waals surface area contributed by atoms with E-state index in [9.17, 15) is 4.79 Å². The predicted octanol–water partition coefficient (Wildman–Crippen LogP) is 1.49. The summed E-state index contributed by atoms with van der Waals surface area (Å²) < 4.78 is 0. The number of piperazine rings is 1. The molecule has 0 N–H and O–H groups in total. The lowest BCUT2D eigenvalue weighted by Gasteiger charge is -2.35. The number of amides is 1. The van der Waals surface area contributed by atoms with Gasteiger partial charge in [0.05, 0.1) is 6.20 Å². The third-order valence-electron chi connectivity index (χ3n) is 3.38. The van der Waals surface area contributed by atoms with Crippen LogP contribution in [0.4, 0.5) is 5.82 Å². The Kier molecular flexibility index (Phi) is 3.96. The van der Waals surface area contributed by atoms with Gasteiger partial charge in [0.1, 0.15) is 11.5 Å². The van der Waals surface area contributed by atoms with Crippen LogP contribution in [0.1, 0.15) is 10.5 Å². The molecule has 0 bridgehead atoms. The van der Waals surface area contributed by atoms with Gasteiger partial charge in [0, 0.05) is 49.8 Å². The van der Waals surface area contributed by atoms with Crippen LogP contribution in [0.15, 0.2) is 36.9 Å². The Morgan fingerprint density at radius 2 is 1.90 bits per heavy atom. The number of anilines is 1. The first kappa shape index (κ1) is 13.8. The fourth-order valence-corrected chi connectivity index (χ4v) is 2.44. The normalized spacial score (nSPS) is 15.1. The highest BCUT2D eigenvalue weighted by Gasteiger charge is 2.23. The van der Waals surface area contributed by atoms with E-state index in [1.807, 2.05) is 0 Å². The maximum atomic E-state index is 12.4. The largest absolute Gasteiger partial charge is 0.352 e. The lowest BCUT2D eigenvalue weighted by molar-refractivity contribution is 0.0740. The lowest BCUT2D eigenvalue weighted by Crippen LogP contribution is -2.49. The molecule has 7 heteroatoms. The molecule has 1 saturated heterocycles. The summed E-state index contributed by atoms with van der Waals surface area (Å²) in [5.74, 6) is 0.752. The average Bonchev–Trinajstić information content (AvgIpc) is 2.55. The van der Waals surface area contributed by atoms with Crippen LogP contribution in [0.2, 0.25) is 5.02 Å². The molecule has 3 rings (SSSR count). The van der Waals surface area contributed by atoms with Gasteiger partial charge in [0.15, 0.2) is 0 Å². The Balaban J connectivity index is 1.64. The van der Waals surface area contributed by atoms with E-state index in [1.54, 1.807) is 41.8 Å². The average molecular weight is 304 g/mol. The fourth-order valence-electron chi connectivity index (χ4n) is 2.28. The molecule has 0 radical (unpaired) electrons. The van der Waals surface area contributed by atoms with Crippen LogP contribution < -0.4 is 4.90 Å². The topological polar surface area (TPSA) is 62.2 Å². The Hall–Kier alpha value is -2.21. The van der Waals surface area contributed by atoms with Gasteiger partial charge in [-0.05, 0) is 12.1 Å². The Morgan fingerprint density at radius 3 is 2.57 bits per heavy atom. The van der Waals surface area contributed by atoms with E-state index in [0.717, 1.165) is 18.9 Å². The van der Waals surface area contributed by atoms with Crippen molar-refractivity contribution in [3.8, 4) is 0 Å². The summed E-state index contributed by atoms with van der Waals surface area (Å²) in [4.78, 5) is 28.7. The van der Waals surface area contributed by atoms with E-state index in [2.05, 4.69) is 19.9 Å². The van der Waals surface area contributed by atoms with Crippen LogP contribution >= 0.6 is 11.6 Å². The molecule has 1 fully saturated rings. The zero-order valence-electron chi connectivity index (χ0n) is 11.3. The number of pyridine rings is 1. The van der Waals surface area contributed by atoms with Crippen LogP contribution in [0.5, 0.6) is 0 Å². The number of hydrogen-bond acceptors (Lipinski definition) is 5. The predicted molar refractivity (Wildman–Crippen MR) is 79.4 cm³/mol. The summed E-state index contributed by atoms with van der Waals surface area (Å²) in [6, 6.07) is 3.25. The standard InChI is InChI=1S/C14H14ClN5O/c15-11-1-2-17-12(9-11)14(21)20-7-5-19(6-8-20)13-10-16-3-4-18-13/h1-4,9-10H,5-8H2. The summed E-state index contributed by atoms with van der Waals surface area (Å²) in [5.41, 5.74) is 0.385. The van der Waals surface area contributed by atoms with Crippen molar-refractivity contribution >= 4 is 23.3 Å². The summed E-state index contributed by atoms with van der Waals surface area (Å²) in [7, 11) is 0. The molecule has 108 valence electrons. The summed E-state index contributed by atoms with van der Waals surface area (Å²) in [6.07, 6.45) is 6.60. The minimum atomic E-state index is -0.0868. The summed E-state index contributed by atoms with van der Waals surface area (Å²) >= 11 is 5.90. The number of hydrogen-bond donors (Lipinski definition) is 0. The SMILES string of the molecule is O=C(c1cc(Cl)ccn1)N1CCN(c2cnccn2)CC1. The van der Waals surface area contributed by atoms with Gasteiger partial charge >= 0.3 is 0 Å². The number of halogens is 1.